The fourth-order valence-corrected chi connectivity index (χ4v) is 4.10. The second kappa shape index (κ2) is 7.77. The number of hydrogen-bond donors (Lipinski definition) is 1. The van der Waals surface area contributed by atoms with E-state index in [0.29, 0.717) is 16.3 Å². The zero-order valence-corrected chi connectivity index (χ0v) is 16.6. The molecule has 0 fully saturated rings. The van der Waals surface area contributed by atoms with Crippen molar-refractivity contribution in [2.24, 2.45) is 5.14 Å². The minimum absolute atomic E-state index is 0.0263. The molecule has 6 nitrogen and oxygen atoms in total. The first-order chi connectivity index (χ1) is 12.7. The van der Waals surface area contributed by atoms with Crippen molar-refractivity contribution in [3.8, 4) is 10.6 Å². The summed E-state index contributed by atoms with van der Waals surface area (Å²) < 4.78 is 28.4. The van der Waals surface area contributed by atoms with E-state index >= 15 is 0 Å². The Kier molecular flexibility index (Phi) is 5.61. The third-order valence-electron chi connectivity index (χ3n) is 3.72. The predicted molar refractivity (Wildman–Crippen MR) is 104 cm³/mol. The number of aromatic nitrogens is 1. The molecule has 0 aliphatic carbocycles. The summed E-state index contributed by atoms with van der Waals surface area (Å²) in [4.78, 5) is 16.6. The number of hydrogen-bond acceptors (Lipinski definition) is 6. The highest BCUT2D eigenvalue weighted by atomic mass is 35.5. The number of thiazole rings is 1. The summed E-state index contributed by atoms with van der Waals surface area (Å²) in [6.07, 6.45) is 0. The normalized spacial score (nSPS) is 11.4. The van der Waals surface area contributed by atoms with Crippen molar-refractivity contribution >= 4 is 38.9 Å². The molecule has 0 atom stereocenters. The SMILES string of the molecule is Cc1ccc(C(=O)OCc2csc(-c3ccc(Cl)cc3)n2)cc1S(N)(=O)=O. The number of nitrogens with two attached hydrogens (primary N) is 1. The second-order valence-electron chi connectivity index (χ2n) is 5.75. The van der Waals surface area contributed by atoms with E-state index in [4.69, 9.17) is 21.5 Å². The van der Waals surface area contributed by atoms with Crippen LogP contribution in [0.25, 0.3) is 10.6 Å². The molecular weight excluding hydrogens is 408 g/mol. The van der Waals surface area contributed by atoms with Crippen molar-refractivity contribution < 1.29 is 17.9 Å². The van der Waals surface area contributed by atoms with E-state index in [-0.39, 0.29) is 17.1 Å². The maximum absolute atomic E-state index is 12.2. The topological polar surface area (TPSA) is 99.3 Å². The van der Waals surface area contributed by atoms with E-state index < -0.39 is 16.0 Å². The number of sulfonamides is 1. The van der Waals surface area contributed by atoms with Gasteiger partial charge in [0, 0.05) is 16.0 Å². The van der Waals surface area contributed by atoms with Crippen LogP contribution in [-0.4, -0.2) is 19.4 Å². The van der Waals surface area contributed by atoms with E-state index in [9.17, 15) is 13.2 Å². The van der Waals surface area contributed by atoms with Crippen LogP contribution >= 0.6 is 22.9 Å². The average molecular weight is 423 g/mol. The number of rotatable bonds is 5. The number of benzene rings is 2. The standard InChI is InChI=1S/C18H15ClN2O4S2/c1-11-2-3-13(8-16(11)27(20,23)24)18(22)25-9-15-10-26-17(21-15)12-4-6-14(19)7-5-12/h2-8,10H,9H2,1H3,(H2,20,23,24). The fraction of sp³-hybridized carbons (Fsp3) is 0.111. The van der Waals surface area contributed by atoms with Crippen molar-refractivity contribution in [3.05, 3.63) is 69.7 Å². The highest BCUT2D eigenvalue weighted by Crippen LogP contribution is 2.25. The number of carbonyl (C=O) groups excluding carboxylic acids is 1. The van der Waals surface area contributed by atoms with Crippen molar-refractivity contribution in [3.63, 3.8) is 0 Å². The van der Waals surface area contributed by atoms with E-state index in [2.05, 4.69) is 4.98 Å². The van der Waals surface area contributed by atoms with Gasteiger partial charge in [-0.2, -0.15) is 0 Å². The number of ether oxygens (including phenoxy) is 1. The number of esters is 1. The molecule has 2 N–H and O–H groups in total. The molecule has 2 aromatic carbocycles. The molecule has 0 aliphatic rings. The maximum Gasteiger partial charge on any atom is 0.338 e. The van der Waals surface area contributed by atoms with Gasteiger partial charge in [-0.3, -0.25) is 0 Å². The van der Waals surface area contributed by atoms with E-state index in [0.717, 1.165) is 10.6 Å². The maximum atomic E-state index is 12.2. The van der Waals surface area contributed by atoms with Crippen molar-refractivity contribution in [2.75, 3.05) is 0 Å². The van der Waals surface area contributed by atoms with Gasteiger partial charge in [0.25, 0.3) is 0 Å². The lowest BCUT2D eigenvalue weighted by atomic mass is 10.1. The van der Waals surface area contributed by atoms with Gasteiger partial charge in [0.1, 0.15) is 11.6 Å². The summed E-state index contributed by atoms with van der Waals surface area (Å²) >= 11 is 7.30. The van der Waals surface area contributed by atoms with Gasteiger partial charge in [-0.15, -0.1) is 11.3 Å². The Morgan fingerprint density at radius 2 is 1.93 bits per heavy atom. The number of primary sulfonamides is 1. The van der Waals surface area contributed by atoms with Crippen LogP contribution in [0.3, 0.4) is 0 Å². The first kappa shape index (κ1) is 19.5. The summed E-state index contributed by atoms with van der Waals surface area (Å²) in [5.41, 5.74) is 2.08. The Labute approximate surface area is 165 Å². The lowest BCUT2D eigenvalue weighted by Crippen LogP contribution is -2.15. The first-order valence-electron chi connectivity index (χ1n) is 7.75. The Balaban J connectivity index is 1.71. The molecule has 0 aliphatic heterocycles. The zero-order chi connectivity index (χ0) is 19.6. The summed E-state index contributed by atoms with van der Waals surface area (Å²) in [7, 11) is -3.91. The molecule has 140 valence electrons. The Hall–Kier alpha value is -2.26. The number of carbonyl (C=O) groups is 1. The van der Waals surface area contributed by atoms with Crippen molar-refractivity contribution in [2.45, 2.75) is 18.4 Å². The molecule has 0 saturated carbocycles. The van der Waals surface area contributed by atoms with Gasteiger partial charge in [0.15, 0.2) is 0 Å². The van der Waals surface area contributed by atoms with E-state index in [1.54, 1.807) is 24.4 Å². The quantitative estimate of drug-likeness (QED) is 0.631. The third kappa shape index (κ3) is 4.72. The molecule has 0 saturated heterocycles. The molecule has 9 heteroatoms. The van der Waals surface area contributed by atoms with Crippen molar-refractivity contribution in [1.29, 1.82) is 0 Å². The van der Waals surface area contributed by atoms with Gasteiger partial charge in [-0.05, 0) is 36.8 Å². The number of aryl methyl sites for hydroxylation is 1. The minimum atomic E-state index is -3.91. The summed E-state index contributed by atoms with van der Waals surface area (Å²) in [5.74, 6) is -0.652. The number of halogens is 1. The van der Waals surface area contributed by atoms with Gasteiger partial charge in [0.2, 0.25) is 10.0 Å². The van der Waals surface area contributed by atoms with Crippen LogP contribution in [0, 0.1) is 6.92 Å². The molecule has 27 heavy (non-hydrogen) atoms. The van der Waals surface area contributed by atoms with Gasteiger partial charge in [-0.25, -0.2) is 23.3 Å². The molecule has 3 aromatic rings. The average Bonchev–Trinajstić information content (AvgIpc) is 3.08. The zero-order valence-electron chi connectivity index (χ0n) is 14.2. The third-order valence-corrected chi connectivity index (χ3v) is 5.97. The summed E-state index contributed by atoms with van der Waals surface area (Å²) in [6.45, 7) is 1.57. The lowest BCUT2D eigenvalue weighted by Gasteiger charge is -2.07. The van der Waals surface area contributed by atoms with Crippen LogP contribution in [0.5, 0.6) is 0 Å². The van der Waals surface area contributed by atoms with Gasteiger partial charge < -0.3 is 4.74 Å². The summed E-state index contributed by atoms with van der Waals surface area (Å²) in [5, 5.41) is 8.38. The Morgan fingerprint density at radius 1 is 1.22 bits per heavy atom. The molecule has 1 aromatic heterocycles. The Bertz CT molecular complexity index is 1090. The molecule has 0 spiro atoms. The predicted octanol–water partition coefficient (Wildman–Crippen LogP) is 3.78. The monoisotopic (exact) mass is 422 g/mol. The van der Waals surface area contributed by atoms with Crippen LogP contribution in [0.15, 0.2) is 52.7 Å². The van der Waals surface area contributed by atoms with Crippen LogP contribution in [0.2, 0.25) is 5.02 Å². The molecule has 0 bridgehead atoms. The van der Waals surface area contributed by atoms with Gasteiger partial charge in [0.05, 0.1) is 16.2 Å². The second-order valence-corrected chi connectivity index (χ2v) is 8.58. The van der Waals surface area contributed by atoms with E-state index in [1.165, 1.54) is 29.5 Å². The Morgan fingerprint density at radius 3 is 2.59 bits per heavy atom. The lowest BCUT2D eigenvalue weighted by molar-refractivity contribution is 0.0468. The molecular formula is C18H15ClN2O4S2. The van der Waals surface area contributed by atoms with Gasteiger partial charge >= 0.3 is 5.97 Å². The first-order valence-corrected chi connectivity index (χ1v) is 10.6. The number of nitrogens with zero attached hydrogens (tertiary/aromatic N) is 1. The van der Waals surface area contributed by atoms with Crippen LogP contribution in [0.4, 0.5) is 0 Å². The highest BCUT2D eigenvalue weighted by molar-refractivity contribution is 7.89. The van der Waals surface area contributed by atoms with Crippen LogP contribution in [0.1, 0.15) is 21.6 Å². The molecule has 0 amide bonds. The fourth-order valence-electron chi connectivity index (χ4n) is 2.35. The van der Waals surface area contributed by atoms with Crippen LogP contribution < -0.4 is 5.14 Å². The largest absolute Gasteiger partial charge is 0.456 e. The molecule has 1 heterocycles. The van der Waals surface area contributed by atoms with Crippen molar-refractivity contribution in [1.82, 2.24) is 4.98 Å². The molecule has 3 rings (SSSR count). The van der Waals surface area contributed by atoms with Crippen LogP contribution in [-0.2, 0) is 21.4 Å². The highest BCUT2D eigenvalue weighted by Gasteiger charge is 2.16. The smallest absolute Gasteiger partial charge is 0.338 e. The summed E-state index contributed by atoms with van der Waals surface area (Å²) in [6, 6.07) is 11.5. The molecule has 0 radical (unpaired) electrons. The molecule has 0 unspecified atom stereocenters. The minimum Gasteiger partial charge on any atom is -0.456 e. The van der Waals surface area contributed by atoms with Gasteiger partial charge in [-0.1, -0.05) is 29.8 Å². The van der Waals surface area contributed by atoms with E-state index in [1.807, 2.05) is 12.1 Å².